The van der Waals surface area contributed by atoms with Crippen molar-refractivity contribution >= 4 is 17.5 Å². The van der Waals surface area contributed by atoms with Crippen molar-refractivity contribution in [2.24, 2.45) is 0 Å². The Morgan fingerprint density at radius 3 is 2.61 bits per heavy atom. The molecule has 0 spiro atoms. The van der Waals surface area contributed by atoms with E-state index in [-0.39, 0.29) is 17.7 Å². The van der Waals surface area contributed by atoms with E-state index in [0.29, 0.717) is 48.1 Å². The first-order valence-corrected chi connectivity index (χ1v) is 11.3. The van der Waals surface area contributed by atoms with Crippen LogP contribution in [0.5, 0.6) is 5.75 Å². The zero-order chi connectivity index (χ0) is 23.2. The fourth-order valence-electron chi connectivity index (χ4n) is 4.09. The molecular weight excluding hydrogens is 416 g/mol. The molecule has 4 rings (SSSR count). The van der Waals surface area contributed by atoms with Crippen LogP contribution in [0.25, 0.3) is 0 Å². The number of ether oxygens (including phenoxy) is 1. The van der Waals surface area contributed by atoms with Crippen LogP contribution in [0.3, 0.4) is 0 Å². The highest BCUT2D eigenvalue weighted by Gasteiger charge is 2.29. The third-order valence-corrected chi connectivity index (χ3v) is 5.77. The molecule has 0 bridgehead atoms. The van der Waals surface area contributed by atoms with E-state index in [1.54, 1.807) is 12.3 Å². The zero-order valence-corrected chi connectivity index (χ0v) is 19.0. The van der Waals surface area contributed by atoms with Gasteiger partial charge >= 0.3 is 0 Å². The second kappa shape index (κ2) is 10.3. The van der Waals surface area contributed by atoms with Crippen molar-refractivity contribution < 1.29 is 14.3 Å². The number of amides is 2. The van der Waals surface area contributed by atoms with E-state index in [2.05, 4.69) is 15.3 Å². The van der Waals surface area contributed by atoms with Crippen LogP contribution >= 0.6 is 0 Å². The summed E-state index contributed by atoms with van der Waals surface area (Å²) in [7, 11) is 0. The molecule has 170 valence electrons. The number of aromatic nitrogens is 2. The van der Waals surface area contributed by atoms with Gasteiger partial charge < -0.3 is 15.0 Å². The molecule has 1 aromatic heterocycles. The first kappa shape index (κ1) is 22.5. The number of likely N-dealkylation sites (tertiary alicyclic amines) is 1. The number of benzene rings is 2. The molecule has 0 aliphatic carbocycles. The van der Waals surface area contributed by atoms with Crippen LogP contribution in [0.15, 0.2) is 60.8 Å². The normalized spacial score (nSPS) is 15.7. The lowest BCUT2D eigenvalue weighted by Gasteiger charge is -2.32. The molecule has 1 fully saturated rings. The van der Waals surface area contributed by atoms with Gasteiger partial charge in [0, 0.05) is 30.9 Å². The second-order valence-corrected chi connectivity index (χ2v) is 8.07. The third-order valence-electron chi connectivity index (χ3n) is 5.77. The molecule has 1 atom stereocenters. The Labute approximate surface area is 193 Å². The molecule has 1 saturated heterocycles. The Hall–Kier alpha value is -3.74. The van der Waals surface area contributed by atoms with E-state index in [4.69, 9.17) is 4.74 Å². The maximum Gasteiger partial charge on any atom is 0.259 e. The fourth-order valence-corrected chi connectivity index (χ4v) is 4.09. The summed E-state index contributed by atoms with van der Waals surface area (Å²) in [6.07, 6.45) is 3.35. The maximum absolute atomic E-state index is 13.2. The van der Waals surface area contributed by atoms with E-state index in [1.165, 1.54) is 0 Å². The number of carbonyl (C=O) groups is 2. The predicted octanol–water partition coefficient (Wildman–Crippen LogP) is 4.46. The molecule has 2 aromatic carbocycles. The number of nitrogens with one attached hydrogen (secondary N) is 1. The number of rotatable bonds is 6. The lowest BCUT2D eigenvalue weighted by molar-refractivity contribution is 0.0700. The SMILES string of the molecule is CCOc1ccccc1C(=O)N1CCC[C@H](c2ncc(C(=O)Nc3ccccc3)c(C)n2)C1. The van der Waals surface area contributed by atoms with Crippen LogP contribution in [0, 0.1) is 6.92 Å². The largest absolute Gasteiger partial charge is 0.493 e. The number of carbonyl (C=O) groups excluding carboxylic acids is 2. The molecule has 2 amide bonds. The summed E-state index contributed by atoms with van der Waals surface area (Å²) < 4.78 is 5.64. The second-order valence-electron chi connectivity index (χ2n) is 8.07. The molecule has 0 unspecified atom stereocenters. The van der Waals surface area contributed by atoms with Gasteiger partial charge in [0.2, 0.25) is 0 Å². The van der Waals surface area contributed by atoms with E-state index in [1.807, 2.05) is 67.3 Å². The molecule has 1 N–H and O–H groups in total. The number of aryl methyl sites for hydroxylation is 1. The standard InChI is InChI=1S/C26H28N4O3/c1-3-33-23-14-8-7-13-21(23)26(32)30-15-9-10-19(17-30)24-27-16-22(18(2)28-24)25(31)29-20-11-5-4-6-12-20/h4-8,11-14,16,19H,3,9-10,15,17H2,1-2H3,(H,29,31)/t19-/m0/s1. The molecule has 2 heterocycles. The predicted molar refractivity (Wildman–Crippen MR) is 127 cm³/mol. The minimum absolute atomic E-state index is 0.0203. The van der Waals surface area contributed by atoms with Gasteiger partial charge in [0.05, 0.1) is 23.4 Å². The van der Waals surface area contributed by atoms with Crippen molar-refractivity contribution in [2.45, 2.75) is 32.6 Å². The quantitative estimate of drug-likeness (QED) is 0.607. The van der Waals surface area contributed by atoms with Gasteiger partial charge in [-0.2, -0.15) is 0 Å². The Morgan fingerprint density at radius 1 is 1.09 bits per heavy atom. The van der Waals surface area contributed by atoms with Crippen LogP contribution in [-0.4, -0.2) is 46.4 Å². The van der Waals surface area contributed by atoms with E-state index < -0.39 is 0 Å². The van der Waals surface area contributed by atoms with Crippen molar-refractivity contribution in [1.29, 1.82) is 0 Å². The zero-order valence-electron chi connectivity index (χ0n) is 19.0. The molecular formula is C26H28N4O3. The average molecular weight is 445 g/mol. The number of nitrogens with zero attached hydrogens (tertiary/aromatic N) is 3. The van der Waals surface area contributed by atoms with Crippen LogP contribution in [0.1, 0.15) is 57.9 Å². The molecule has 33 heavy (non-hydrogen) atoms. The summed E-state index contributed by atoms with van der Waals surface area (Å²) in [5.41, 5.74) is 2.36. The van der Waals surface area contributed by atoms with Crippen molar-refractivity contribution in [1.82, 2.24) is 14.9 Å². The lowest BCUT2D eigenvalue weighted by atomic mass is 9.96. The highest BCUT2D eigenvalue weighted by molar-refractivity contribution is 6.04. The smallest absolute Gasteiger partial charge is 0.259 e. The van der Waals surface area contributed by atoms with Gasteiger partial charge in [-0.25, -0.2) is 9.97 Å². The van der Waals surface area contributed by atoms with E-state index in [9.17, 15) is 9.59 Å². The summed E-state index contributed by atoms with van der Waals surface area (Å²) >= 11 is 0. The first-order chi connectivity index (χ1) is 16.1. The molecule has 0 radical (unpaired) electrons. The lowest BCUT2D eigenvalue weighted by Crippen LogP contribution is -2.39. The van der Waals surface area contributed by atoms with Crippen LogP contribution in [-0.2, 0) is 0 Å². The van der Waals surface area contributed by atoms with Crippen molar-refractivity contribution in [3.05, 3.63) is 83.4 Å². The van der Waals surface area contributed by atoms with Gasteiger partial charge in [0.1, 0.15) is 11.6 Å². The molecule has 7 heteroatoms. The van der Waals surface area contributed by atoms with Gasteiger partial charge in [0.25, 0.3) is 11.8 Å². The number of hydrogen-bond donors (Lipinski definition) is 1. The minimum Gasteiger partial charge on any atom is -0.493 e. The molecule has 1 aliphatic heterocycles. The maximum atomic E-state index is 13.2. The summed E-state index contributed by atoms with van der Waals surface area (Å²) in [5.74, 6) is 1.01. The van der Waals surface area contributed by atoms with Gasteiger partial charge in [-0.15, -0.1) is 0 Å². The number of piperidine rings is 1. The molecule has 1 aliphatic rings. The number of hydrogen-bond acceptors (Lipinski definition) is 5. The Kier molecular flexibility index (Phi) is 6.98. The van der Waals surface area contributed by atoms with E-state index in [0.717, 1.165) is 18.5 Å². The first-order valence-electron chi connectivity index (χ1n) is 11.3. The molecule has 0 saturated carbocycles. The number of anilines is 1. The monoisotopic (exact) mass is 444 g/mol. The van der Waals surface area contributed by atoms with E-state index >= 15 is 0 Å². The van der Waals surface area contributed by atoms with Gasteiger partial charge in [-0.3, -0.25) is 9.59 Å². The van der Waals surface area contributed by atoms with Crippen molar-refractivity contribution in [3.8, 4) is 5.75 Å². The third kappa shape index (κ3) is 5.19. The Bertz CT molecular complexity index is 1130. The Balaban J connectivity index is 1.48. The van der Waals surface area contributed by atoms with Crippen molar-refractivity contribution in [3.63, 3.8) is 0 Å². The van der Waals surface area contributed by atoms with Crippen molar-refractivity contribution in [2.75, 3.05) is 25.0 Å². The Morgan fingerprint density at radius 2 is 1.85 bits per heavy atom. The van der Waals surface area contributed by atoms with Crippen LogP contribution in [0.4, 0.5) is 5.69 Å². The van der Waals surface area contributed by atoms with Crippen LogP contribution < -0.4 is 10.1 Å². The van der Waals surface area contributed by atoms with Gasteiger partial charge in [0.15, 0.2) is 0 Å². The summed E-state index contributed by atoms with van der Waals surface area (Å²) in [5, 5.41) is 2.87. The highest BCUT2D eigenvalue weighted by Crippen LogP contribution is 2.28. The minimum atomic E-state index is -0.238. The highest BCUT2D eigenvalue weighted by atomic mass is 16.5. The number of para-hydroxylation sites is 2. The van der Waals surface area contributed by atoms with Gasteiger partial charge in [-0.05, 0) is 51.0 Å². The summed E-state index contributed by atoms with van der Waals surface area (Å²) in [6.45, 7) is 5.45. The summed E-state index contributed by atoms with van der Waals surface area (Å²) in [6, 6.07) is 16.6. The summed E-state index contributed by atoms with van der Waals surface area (Å²) in [4.78, 5) is 36.8. The molecule has 7 nitrogen and oxygen atoms in total. The topological polar surface area (TPSA) is 84.4 Å². The average Bonchev–Trinajstić information content (AvgIpc) is 2.85. The van der Waals surface area contributed by atoms with Gasteiger partial charge in [-0.1, -0.05) is 30.3 Å². The fraction of sp³-hybridized carbons (Fsp3) is 0.308. The van der Waals surface area contributed by atoms with Crippen LogP contribution in [0.2, 0.25) is 0 Å². The molecule has 3 aromatic rings.